The average molecular weight is 382 g/mol. The summed E-state index contributed by atoms with van der Waals surface area (Å²) in [6, 6.07) is 6.16. The standard InChI is InChI=1S/C21H26N4O3/c26-18-4-3-17(19(27)23-18)25-11-14-2-1-13(9-16(14)20(25)28)10-22-12-21-7-5-15(24-21)6-8-21/h1-2,9,15,17,22,24H,3-8,10-12H2,(H,23,26,27). The number of imide groups is 1. The van der Waals surface area contributed by atoms with Crippen LogP contribution in [0.1, 0.15) is 60.0 Å². The lowest BCUT2D eigenvalue weighted by atomic mass is 9.88. The molecule has 1 aromatic carbocycles. The number of carbonyl (C=O) groups excluding carboxylic acids is 3. The number of piperidine rings is 1. The minimum absolute atomic E-state index is 0.110. The van der Waals surface area contributed by atoms with E-state index in [-0.39, 0.29) is 29.7 Å². The Bertz CT molecular complexity index is 844. The molecule has 28 heavy (non-hydrogen) atoms. The largest absolute Gasteiger partial charge is 0.322 e. The lowest BCUT2D eigenvalue weighted by Gasteiger charge is -2.29. The third kappa shape index (κ3) is 3.02. The van der Waals surface area contributed by atoms with Gasteiger partial charge in [-0.15, -0.1) is 0 Å². The molecular weight excluding hydrogens is 356 g/mol. The summed E-state index contributed by atoms with van der Waals surface area (Å²) in [5.74, 6) is -0.734. The van der Waals surface area contributed by atoms with E-state index in [2.05, 4.69) is 22.0 Å². The Morgan fingerprint density at radius 1 is 1.14 bits per heavy atom. The van der Waals surface area contributed by atoms with Crippen LogP contribution in [0.5, 0.6) is 0 Å². The third-order valence-corrected chi connectivity index (χ3v) is 6.84. The smallest absolute Gasteiger partial charge is 0.255 e. The van der Waals surface area contributed by atoms with Crippen molar-refractivity contribution in [2.75, 3.05) is 6.54 Å². The van der Waals surface area contributed by atoms with Gasteiger partial charge in [0.25, 0.3) is 5.91 Å². The van der Waals surface area contributed by atoms with Gasteiger partial charge in [0, 0.05) is 43.2 Å². The number of nitrogens with one attached hydrogen (secondary N) is 3. The zero-order chi connectivity index (χ0) is 19.3. The van der Waals surface area contributed by atoms with Gasteiger partial charge < -0.3 is 15.5 Å². The monoisotopic (exact) mass is 382 g/mol. The summed E-state index contributed by atoms with van der Waals surface area (Å²) in [5.41, 5.74) is 2.98. The maximum Gasteiger partial charge on any atom is 0.255 e. The van der Waals surface area contributed by atoms with Gasteiger partial charge in [0.05, 0.1) is 0 Å². The summed E-state index contributed by atoms with van der Waals surface area (Å²) in [7, 11) is 0. The molecule has 3 N–H and O–H groups in total. The van der Waals surface area contributed by atoms with E-state index in [1.807, 2.05) is 12.1 Å². The minimum atomic E-state index is -0.554. The van der Waals surface area contributed by atoms with Crippen LogP contribution in [0.25, 0.3) is 0 Å². The van der Waals surface area contributed by atoms with Crippen molar-refractivity contribution in [3.05, 3.63) is 34.9 Å². The highest BCUT2D eigenvalue weighted by atomic mass is 16.2. The van der Waals surface area contributed by atoms with E-state index in [1.165, 1.54) is 25.7 Å². The average Bonchev–Trinajstić information content (AvgIpc) is 3.36. The molecule has 0 radical (unpaired) electrons. The molecule has 1 atom stereocenters. The molecule has 0 spiro atoms. The molecule has 2 bridgehead atoms. The van der Waals surface area contributed by atoms with Crippen LogP contribution >= 0.6 is 0 Å². The van der Waals surface area contributed by atoms with Gasteiger partial charge in [-0.2, -0.15) is 0 Å². The maximum atomic E-state index is 12.9. The van der Waals surface area contributed by atoms with Gasteiger partial charge in [-0.3, -0.25) is 19.7 Å². The highest BCUT2D eigenvalue weighted by Gasteiger charge is 2.43. The van der Waals surface area contributed by atoms with Crippen LogP contribution in [0.15, 0.2) is 18.2 Å². The molecule has 0 aromatic heterocycles. The van der Waals surface area contributed by atoms with E-state index < -0.39 is 6.04 Å². The van der Waals surface area contributed by atoms with E-state index in [1.54, 1.807) is 4.90 Å². The first-order valence-electron chi connectivity index (χ1n) is 10.3. The second-order valence-electron chi connectivity index (χ2n) is 8.69. The fraction of sp³-hybridized carbons (Fsp3) is 0.571. The fourth-order valence-corrected chi connectivity index (χ4v) is 5.28. The Hall–Kier alpha value is -2.25. The number of hydrogen-bond donors (Lipinski definition) is 3. The molecule has 4 heterocycles. The molecule has 1 unspecified atom stereocenters. The molecule has 7 nitrogen and oxygen atoms in total. The summed E-state index contributed by atoms with van der Waals surface area (Å²) in [6.45, 7) is 2.12. The third-order valence-electron chi connectivity index (χ3n) is 6.84. The van der Waals surface area contributed by atoms with Gasteiger partial charge in [0.2, 0.25) is 11.8 Å². The first-order chi connectivity index (χ1) is 13.5. The Morgan fingerprint density at radius 2 is 1.96 bits per heavy atom. The van der Waals surface area contributed by atoms with E-state index in [0.717, 1.165) is 24.2 Å². The number of hydrogen-bond acceptors (Lipinski definition) is 5. The summed E-state index contributed by atoms with van der Waals surface area (Å²) < 4.78 is 0. The van der Waals surface area contributed by atoms with Gasteiger partial charge in [0.15, 0.2) is 0 Å². The molecule has 3 saturated heterocycles. The SMILES string of the molecule is O=C1CCC(N2Cc3ccc(CNCC45CCC(CC4)N5)cc3C2=O)C(=O)N1. The zero-order valence-corrected chi connectivity index (χ0v) is 15.9. The molecule has 1 aromatic rings. The normalized spacial score (nSPS) is 31.4. The maximum absolute atomic E-state index is 12.9. The van der Waals surface area contributed by atoms with Crippen LogP contribution in [-0.4, -0.2) is 46.8 Å². The molecule has 4 aliphatic heterocycles. The molecule has 3 fully saturated rings. The highest BCUT2D eigenvalue weighted by molar-refractivity contribution is 6.05. The van der Waals surface area contributed by atoms with Crippen molar-refractivity contribution in [3.8, 4) is 0 Å². The van der Waals surface area contributed by atoms with Crippen molar-refractivity contribution >= 4 is 17.7 Å². The number of amides is 3. The fourth-order valence-electron chi connectivity index (χ4n) is 5.28. The van der Waals surface area contributed by atoms with Crippen molar-refractivity contribution in [1.29, 1.82) is 0 Å². The Morgan fingerprint density at radius 3 is 2.68 bits per heavy atom. The van der Waals surface area contributed by atoms with Crippen molar-refractivity contribution in [2.45, 2.75) is 69.2 Å². The Balaban J connectivity index is 1.23. The summed E-state index contributed by atoms with van der Waals surface area (Å²) >= 11 is 0. The summed E-state index contributed by atoms with van der Waals surface area (Å²) in [4.78, 5) is 38.0. The zero-order valence-electron chi connectivity index (χ0n) is 15.9. The van der Waals surface area contributed by atoms with Crippen LogP contribution < -0.4 is 16.0 Å². The van der Waals surface area contributed by atoms with Crippen LogP contribution in [-0.2, 0) is 22.7 Å². The second-order valence-corrected chi connectivity index (χ2v) is 8.69. The van der Waals surface area contributed by atoms with Crippen LogP contribution in [0.2, 0.25) is 0 Å². The van der Waals surface area contributed by atoms with E-state index >= 15 is 0 Å². The summed E-state index contributed by atoms with van der Waals surface area (Å²) in [6.07, 6.45) is 5.73. The van der Waals surface area contributed by atoms with Gasteiger partial charge in [0.1, 0.15) is 6.04 Å². The number of rotatable bonds is 5. The molecular formula is C21H26N4O3. The molecule has 7 heteroatoms. The van der Waals surface area contributed by atoms with Crippen molar-refractivity contribution in [1.82, 2.24) is 20.9 Å². The van der Waals surface area contributed by atoms with Crippen LogP contribution in [0, 0.1) is 0 Å². The Labute approximate surface area is 164 Å². The number of carbonyl (C=O) groups is 3. The molecule has 5 rings (SSSR count). The van der Waals surface area contributed by atoms with Gasteiger partial charge in [-0.05, 0) is 49.3 Å². The number of nitrogens with zero attached hydrogens (tertiary/aromatic N) is 1. The molecule has 0 aliphatic carbocycles. The number of fused-ring (bicyclic) bond motifs is 3. The topological polar surface area (TPSA) is 90.5 Å². The van der Waals surface area contributed by atoms with Crippen molar-refractivity contribution in [2.24, 2.45) is 0 Å². The minimum Gasteiger partial charge on any atom is -0.322 e. The lowest BCUT2D eigenvalue weighted by Crippen LogP contribution is -2.52. The van der Waals surface area contributed by atoms with Gasteiger partial charge in [-0.25, -0.2) is 0 Å². The summed E-state index contributed by atoms with van der Waals surface area (Å²) in [5, 5.41) is 9.65. The molecule has 4 aliphatic rings. The quantitative estimate of drug-likeness (QED) is 0.656. The van der Waals surface area contributed by atoms with E-state index in [9.17, 15) is 14.4 Å². The number of benzene rings is 1. The van der Waals surface area contributed by atoms with E-state index in [4.69, 9.17) is 0 Å². The van der Waals surface area contributed by atoms with Crippen molar-refractivity contribution in [3.63, 3.8) is 0 Å². The van der Waals surface area contributed by atoms with Crippen LogP contribution in [0.3, 0.4) is 0 Å². The second kappa shape index (κ2) is 6.67. The predicted molar refractivity (Wildman–Crippen MR) is 102 cm³/mol. The van der Waals surface area contributed by atoms with Crippen molar-refractivity contribution < 1.29 is 14.4 Å². The highest BCUT2D eigenvalue weighted by Crippen LogP contribution is 2.37. The predicted octanol–water partition coefficient (Wildman–Crippen LogP) is 0.822. The first-order valence-corrected chi connectivity index (χ1v) is 10.3. The van der Waals surface area contributed by atoms with E-state index in [0.29, 0.717) is 24.6 Å². The molecule has 3 amide bonds. The van der Waals surface area contributed by atoms with Crippen LogP contribution in [0.4, 0.5) is 0 Å². The first kappa shape index (κ1) is 17.8. The lowest BCUT2D eigenvalue weighted by molar-refractivity contribution is -0.136. The Kier molecular flexibility index (Phi) is 4.25. The van der Waals surface area contributed by atoms with Gasteiger partial charge in [-0.1, -0.05) is 12.1 Å². The molecule has 148 valence electrons. The van der Waals surface area contributed by atoms with Gasteiger partial charge >= 0.3 is 0 Å². The molecule has 0 saturated carbocycles.